The van der Waals surface area contributed by atoms with E-state index in [1.807, 2.05) is 60.7 Å². The number of carbonyl (C=O) groups is 1. The van der Waals surface area contributed by atoms with Crippen molar-refractivity contribution in [1.82, 2.24) is 14.5 Å². The normalized spacial score (nSPS) is 20.6. The molecular formula is C23H31N3O5S. The van der Waals surface area contributed by atoms with Crippen molar-refractivity contribution in [2.75, 3.05) is 6.54 Å². The van der Waals surface area contributed by atoms with Gasteiger partial charge >= 0.3 is 0 Å². The second-order valence-corrected chi connectivity index (χ2v) is 10.0. The van der Waals surface area contributed by atoms with Crippen LogP contribution in [0.15, 0.2) is 60.7 Å². The number of para-hydroxylation sites is 1. The van der Waals surface area contributed by atoms with Gasteiger partial charge in [-0.05, 0) is 36.5 Å². The Bertz CT molecular complexity index is 970. The number of ether oxygens (including phenoxy) is 1. The minimum Gasteiger partial charge on any atom is -0.490 e. The average Bonchev–Trinajstić information content (AvgIpc) is 2.78. The number of hydrogen-bond donors (Lipinski definition) is 3. The van der Waals surface area contributed by atoms with Crippen molar-refractivity contribution in [3.8, 4) is 5.75 Å². The summed E-state index contributed by atoms with van der Waals surface area (Å²) < 4.78 is 36.6. The molecule has 2 aromatic carbocycles. The van der Waals surface area contributed by atoms with Crippen LogP contribution < -0.4 is 14.9 Å². The Hall–Kier alpha value is -2.46. The molecule has 0 aromatic heterocycles. The van der Waals surface area contributed by atoms with Crippen molar-refractivity contribution in [3.63, 3.8) is 0 Å². The van der Waals surface area contributed by atoms with Gasteiger partial charge in [0.2, 0.25) is 0 Å². The molecule has 3 rings (SSSR count). The second-order valence-electron chi connectivity index (χ2n) is 8.35. The molecule has 1 aliphatic rings. The predicted octanol–water partition coefficient (Wildman–Crippen LogP) is 2.51. The Labute approximate surface area is 189 Å². The summed E-state index contributed by atoms with van der Waals surface area (Å²) in [6.07, 6.45) is 1.44. The Morgan fingerprint density at radius 3 is 2.34 bits per heavy atom. The van der Waals surface area contributed by atoms with Crippen molar-refractivity contribution >= 4 is 16.1 Å². The number of piperidine rings is 1. The van der Waals surface area contributed by atoms with Crippen molar-refractivity contribution in [1.29, 1.82) is 0 Å². The molecule has 0 saturated carbocycles. The van der Waals surface area contributed by atoms with Gasteiger partial charge in [-0.3, -0.25) is 10.0 Å². The fourth-order valence-corrected chi connectivity index (χ4v) is 5.70. The highest BCUT2D eigenvalue weighted by Crippen LogP contribution is 2.27. The summed E-state index contributed by atoms with van der Waals surface area (Å²) in [4.78, 5) is 12.0. The molecule has 3 unspecified atom stereocenters. The summed E-state index contributed by atoms with van der Waals surface area (Å²) in [5.41, 5.74) is 2.57. The topological polar surface area (TPSA) is 108 Å². The zero-order valence-electron chi connectivity index (χ0n) is 18.3. The van der Waals surface area contributed by atoms with Gasteiger partial charge in [-0.2, -0.15) is 17.4 Å². The summed E-state index contributed by atoms with van der Waals surface area (Å²) >= 11 is 0. The summed E-state index contributed by atoms with van der Waals surface area (Å²) in [6.45, 7) is 3.68. The van der Waals surface area contributed by atoms with Crippen LogP contribution >= 0.6 is 0 Å². The highest BCUT2D eigenvalue weighted by atomic mass is 32.2. The van der Waals surface area contributed by atoms with Gasteiger partial charge in [0.05, 0.1) is 0 Å². The first-order chi connectivity index (χ1) is 15.3. The number of nitrogens with one attached hydrogen (secondary N) is 2. The molecule has 8 nitrogen and oxygen atoms in total. The van der Waals surface area contributed by atoms with Crippen LogP contribution in [0, 0.1) is 5.92 Å². The molecule has 3 atom stereocenters. The summed E-state index contributed by atoms with van der Waals surface area (Å²) in [5, 5.41) is 9.02. The van der Waals surface area contributed by atoms with Crippen LogP contribution in [0.5, 0.6) is 5.75 Å². The maximum Gasteiger partial charge on any atom is 0.280 e. The molecule has 0 aliphatic carbocycles. The van der Waals surface area contributed by atoms with Crippen LogP contribution in [0.4, 0.5) is 0 Å². The lowest BCUT2D eigenvalue weighted by atomic mass is 9.95. The van der Waals surface area contributed by atoms with E-state index in [2.05, 4.69) is 4.72 Å². The van der Waals surface area contributed by atoms with E-state index >= 15 is 0 Å². The molecule has 1 amide bonds. The van der Waals surface area contributed by atoms with Gasteiger partial charge < -0.3 is 4.74 Å². The third-order valence-electron chi connectivity index (χ3n) is 5.62. The smallest absolute Gasteiger partial charge is 0.280 e. The molecule has 0 spiro atoms. The Morgan fingerprint density at radius 2 is 1.75 bits per heavy atom. The first-order valence-electron chi connectivity index (χ1n) is 10.8. The van der Waals surface area contributed by atoms with Gasteiger partial charge in [-0.15, -0.1) is 0 Å². The zero-order valence-corrected chi connectivity index (χ0v) is 19.2. The van der Waals surface area contributed by atoms with Crippen molar-refractivity contribution in [3.05, 3.63) is 66.2 Å². The maximum atomic E-state index is 13.3. The molecule has 3 N–H and O–H groups in total. The quantitative estimate of drug-likeness (QED) is 0.393. The first kappa shape index (κ1) is 24.2. The predicted molar refractivity (Wildman–Crippen MR) is 121 cm³/mol. The highest BCUT2D eigenvalue weighted by molar-refractivity contribution is 7.87. The fraction of sp³-hybridized carbons (Fsp3) is 0.435. The number of benzene rings is 2. The summed E-state index contributed by atoms with van der Waals surface area (Å²) in [5.74, 6) is -0.376. The lowest BCUT2D eigenvalue weighted by molar-refractivity contribution is -0.131. The van der Waals surface area contributed by atoms with Gasteiger partial charge in [-0.1, -0.05) is 62.4 Å². The average molecular weight is 462 g/mol. The van der Waals surface area contributed by atoms with Crippen molar-refractivity contribution in [2.24, 2.45) is 5.92 Å². The molecule has 32 heavy (non-hydrogen) atoms. The summed E-state index contributed by atoms with van der Waals surface area (Å²) in [6, 6.07) is 17.8. The third kappa shape index (κ3) is 6.29. The molecule has 1 aliphatic heterocycles. The minimum absolute atomic E-state index is 0.126. The number of nitrogens with zero attached hydrogens (tertiary/aromatic N) is 1. The van der Waals surface area contributed by atoms with Crippen LogP contribution in [0.25, 0.3) is 0 Å². The number of hydrogen-bond acceptors (Lipinski definition) is 5. The van der Waals surface area contributed by atoms with E-state index in [1.54, 1.807) is 19.3 Å². The molecular weight excluding hydrogens is 430 g/mol. The van der Waals surface area contributed by atoms with Gasteiger partial charge in [0, 0.05) is 19.0 Å². The van der Waals surface area contributed by atoms with Crippen LogP contribution in [0.3, 0.4) is 0 Å². The van der Waals surface area contributed by atoms with Gasteiger partial charge in [0.1, 0.15) is 17.9 Å². The van der Waals surface area contributed by atoms with E-state index < -0.39 is 22.2 Å². The second kappa shape index (κ2) is 10.9. The lowest BCUT2D eigenvalue weighted by Crippen LogP contribution is -2.58. The highest BCUT2D eigenvalue weighted by Gasteiger charge is 2.39. The van der Waals surface area contributed by atoms with E-state index in [9.17, 15) is 13.2 Å². The molecule has 1 fully saturated rings. The van der Waals surface area contributed by atoms with Gasteiger partial charge in [0.25, 0.3) is 16.1 Å². The van der Waals surface area contributed by atoms with E-state index in [-0.39, 0.29) is 24.6 Å². The van der Waals surface area contributed by atoms with Crippen LogP contribution in [0.1, 0.15) is 32.3 Å². The largest absolute Gasteiger partial charge is 0.490 e. The van der Waals surface area contributed by atoms with E-state index in [0.29, 0.717) is 19.3 Å². The van der Waals surface area contributed by atoms with Crippen molar-refractivity contribution in [2.45, 2.75) is 51.3 Å². The number of rotatable bonds is 9. The van der Waals surface area contributed by atoms with E-state index in [1.165, 1.54) is 4.31 Å². The fourth-order valence-electron chi connectivity index (χ4n) is 3.97. The number of amides is 1. The number of hydroxylamine groups is 1. The molecule has 9 heteroatoms. The lowest BCUT2D eigenvalue weighted by Gasteiger charge is -2.39. The Morgan fingerprint density at radius 1 is 1.12 bits per heavy atom. The Balaban J connectivity index is 1.81. The minimum atomic E-state index is -3.99. The van der Waals surface area contributed by atoms with Crippen LogP contribution in [-0.2, 0) is 21.4 Å². The zero-order chi connectivity index (χ0) is 23.1. The monoisotopic (exact) mass is 461 g/mol. The Kier molecular flexibility index (Phi) is 8.25. The maximum absolute atomic E-state index is 13.3. The number of carbonyl (C=O) groups excluding carboxylic acids is 1. The molecule has 174 valence electrons. The molecule has 2 aromatic rings. The molecule has 1 heterocycles. The van der Waals surface area contributed by atoms with Crippen LogP contribution in [-0.4, -0.2) is 48.6 Å². The SMILES string of the molecule is CC(C)C(NS(=O)(=O)N1CCC(Oc2ccccc2)CC1Cc1ccccc1)C(=O)NO. The van der Waals surface area contributed by atoms with E-state index in [0.717, 1.165) is 11.3 Å². The summed E-state index contributed by atoms with van der Waals surface area (Å²) in [7, 11) is -3.99. The standard InChI is InChI=1S/C23H31N3O5S/c1-17(2)22(23(27)24-28)25-32(29,30)26-14-13-21(31-20-11-7-4-8-12-20)16-19(26)15-18-9-5-3-6-10-18/h3-12,17,19,21-22,25,28H,13-16H2,1-2H3,(H,24,27). The van der Waals surface area contributed by atoms with Crippen molar-refractivity contribution < 1.29 is 23.2 Å². The third-order valence-corrected chi connectivity index (χ3v) is 7.27. The van der Waals surface area contributed by atoms with Gasteiger partial charge in [-0.25, -0.2) is 5.48 Å². The molecule has 0 radical (unpaired) electrons. The molecule has 0 bridgehead atoms. The van der Waals surface area contributed by atoms with E-state index in [4.69, 9.17) is 9.94 Å². The van der Waals surface area contributed by atoms with Gasteiger partial charge in [0.15, 0.2) is 0 Å². The molecule has 1 saturated heterocycles. The van der Waals surface area contributed by atoms with Crippen LogP contribution in [0.2, 0.25) is 0 Å². The first-order valence-corrected chi connectivity index (χ1v) is 12.2.